The Morgan fingerprint density at radius 3 is 2.40 bits per heavy atom. The molecule has 5 heteroatoms. The number of ether oxygens (including phenoxy) is 1. The molecular weight excluding hydrogens is 376 g/mol. The second kappa shape index (κ2) is 12.0. The van der Waals surface area contributed by atoms with Crippen molar-refractivity contribution in [2.24, 2.45) is 0 Å². The van der Waals surface area contributed by atoms with E-state index < -0.39 is 6.04 Å². The van der Waals surface area contributed by atoms with E-state index in [1.165, 1.54) is 0 Å². The van der Waals surface area contributed by atoms with Gasteiger partial charge in [-0.3, -0.25) is 9.59 Å². The Hall–Kier alpha value is -2.82. The first kappa shape index (κ1) is 23.5. The number of nitrogens with zero attached hydrogens (tertiary/aromatic N) is 1. The summed E-state index contributed by atoms with van der Waals surface area (Å²) in [6.45, 7) is 7.12. The van der Waals surface area contributed by atoms with Gasteiger partial charge in [-0.2, -0.15) is 0 Å². The standard InChI is InChI=1S/C25H34N2O3/c1-5-7-15-26-25(29)23(6-2)27(18-21-10-8-9-19(3)16-21)24(28)17-20-11-13-22(30-4)14-12-20/h8-14,16,23H,5-7,15,17-18H2,1-4H3,(H,26,29). The summed E-state index contributed by atoms with van der Waals surface area (Å²) >= 11 is 0. The van der Waals surface area contributed by atoms with Crippen LogP contribution in [0.1, 0.15) is 49.8 Å². The van der Waals surface area contributed by atoms with Gasteiger partial charge in [0.05, 0.1) is 13.5 Å². The van der Waals surface area contributed by atoms with Gasteiger partial charge in [0.15, 0.2) is 0 Å². The molecule has 162 valence electrons. The Morgan fingerprint density at radius 1 is 1.07 bits per heavy atom. The molecule has 0 saturated carbocycles. The number of carbonyl (C=O) groups excluding carboxylic acids is 2. The minimum absolute atomic E-state index is 0.0563. The van der Waals surface area contributed by atoms with Crippen LogP contribution in [0.25, 0.3) is 0 Å². The zero-order valence-electron chi connectivity index (χ0n) is 18.6. The Morgan fingerprint density at radius 2 is 1.80 bits per heavy atom. The van der Waals surface area contributed by atoms with Gasteiger partial charge < -0.3 is 15.0 Å². The van der Waals surface area contributed by atoms with Crippen LogP contribution in [-0.4, -0.2) is 36.4 Å². The molecule has 0 heterocycles. The molecule has 0 aromatic heterocycles. The Labute approximate surface area is 180 Å². The van der Waals surface area contributed by atoms with Crippen molar-refractivity contribution in [1.29, 1.82) is 0 Å². The SMILES string of the molecule is CCCCNC(=O)C(CC)N(Cc1cccc(C)c1)C(=O)Cc1ccc(OC)cc1. The molecule has 0 saturated heterocycles. The molecule has 0 bridgehead atoms. The number of hydrogen-bond acceptors (Lipinski definition) is 3. The van der Waals surface area contributed by atoms with Gasteiger partial charge >= 0.3 is 0 Å². The maximum atomic E-state index is 13.3. The van der Waals surface area contributed by atoms with Gasteiger partial charge in [0.1, 0.15) is 11.8 Å². The van der Waals surface area contributed by atoms with Gasteiger partial charge in [-0.1, -0.05) is 62.2 Å². The van der Waals surface area contributed by atoms with Gasteiger partial charge in [0.25, 0.3) is 0 Å². The van der Waals surface area contributed by atoms with Crippen LogP contribution in [0, 0.1) is 6.92 Å². The van der Waals surface area contributed by atoms with Gasteiger partial charge in [-0.25, -0.2) is 0 Å². The smallest absolute Gasteiger partial charge is 0.242 e. The summed E-state index contributed by atoms with van der Waals surface area (Å²) in [5.74, 6) is 0.616. The lowest BCUT2D eigenvalue weighted by Gasteiger charge is -2.31. The second-order valence-electron chi connectivity index (χ2n) is 7.60. The minimum Gasteiger partial charge on any atom is -0.497 e. The predicted octanol–water partition coefficient (Wildman–Crippen LogP) is 4.27. The molecule has 30 heavy (non-hydrogen) atoms. The van der Waals surface area contributed by atoms with Crippen molar-refractivity contribution in [3.05, 3.63) is 65.2 Å². The molecule has 0 fully saturated rings. The van der Waals surface area contributed by atoms with Crippen LogP contribution in [0.3, 0.4) is 0 Å². The van der Waals surface area contributed by atoms with Crippen molar-refractivity contribution in [3.8, 4) is 5.75 Å². The number of hydrogen-bond donors (Lipinski definition) is 1. The number of aryl methyl sites for hydroxylation is 1. The maximum absolute atomic E-state index is 13.3. The molecule has 1 N–H and O–H groups in total. The van der Waals surface area contributed by atoms with E-state index in [9.17, 15) is 9.59 Å². The summed E-state index contributed by atoms with van der Waals surface area (Å²) in [5, 5.41) is 3.00. The first-order valence-corrected chi connectivity index (χ1v) is 10.7. The fourth-order valence-electron chi connectivity index (χ4n) is 3.45. The van der Waals surface area contributed by atoms with Gasteiger partial charge in [-0.15, -0.1) is 0 Å². The van der Waals surface area contributed by atoms with Gasteiger partial charge in [-0.05, 0) is 43.0 Å². The molecule has 1 unspecified atom stereocenters. The quantitative estimate of drug-likeness (QED) is 0.563. The molecule has 1 atom stereocenters. The molecule has 0 aliphatic carbocycles. The number of benzene rings is 2. The van der Waals surface area contributed by atoms with E-state index in [0.29, 0.717) is 19.5 Å². The van der Waals surface area contributed by atoms with Crippen molar-refractivity contribution in [1.82, 2.24) is 10.2 Å². The number of unbranched alkanes of at least 4 members (excludes halogenated alkanes) is 1. The fourth-order valence-corrected chi connectivity index (χ4v) is 3.45. The largest absolute Gasteiger partial charge is 0.497 e. The van der Waals surface area contributed by atoms with Gasteiger partial charge in [0, 0.05) is 13.1 Å². The van der Waals surface area contributed by atoms with E-state index >= 15 is 0 Å². The molecule has 0 aliphatic rings. The molecule has 0 aliphatic heterocycles. The Bertz CT molecular complexity index is 817. The number of nitrogens with one attached hydrogen (secondary N) is 1. The zero-order chi connectivity index (χ0) is 21.9. The summed E-state index contributed by atoms with van der Waals surface area (Å²) < 4.78 is 5.20. The van der Waals surface area contributed by atoms with Gasteiger partial charge in [0.2, 0.25) is 11.8 Å². The highest BCUT2D eigenvalue weighted by Crippen LogP contribution is 2.17. The van der Waals surface area contributed by atoms with Crippen LogP contribution >= 0.6 is 0 Å². The first-order valence-electron chi connectivity index (χ1n) is 10.7. The number of rotatable bonds is 11. The topological polar surface area (TPSA) is 58.6 Å². The highest BCUT2D eigenvalue weighted by atomic mass is 16.5. The molecule has 5 nitrogen and oxygen atoms in total. The average molecular weight is 411 g/mol. The first-order chi connectivity index (χ1) is 14.5. The van der Waals surface area contributed by atoms with E-state index in [-0.39, 0.29) is 18.2 Å². The highest BCUT2D eigenvalue weighted by molar-refractivity contribution is 5.88. The second-order valence-corrected chi connectivity index (χ2v) is 7.60. The number of methoxy groups -OCH3 is 1. The van der Waals surface area contributed by atoms with Crippen molar-refractivity contribution < 1.29 is 14.3 Å². The van der Waals surface area contributed by atoms with E-state index in [4.69, 9.17) is 4.74 Å². The van der Waals surface area contributed by atoms with E-state index in [1.54, 1.807) is 12.0 Å². The molecule has 0 radical (unpaired) electrons. The molecule has 2 rings (SSSR count). The normalized spacial score (nSPS) is 11.6. The lowest BCUT2D eigenvalue weighted by atomic mass is 10.1. The average Bonchev–Trinajstić information content (AvgIpc) is 2.74. The molecule has 2 amide bonds. The van der Waals surface area contributed by atoms with Crippen LogP contribution in [0.5, 0.6) is 5.75 Å². The van der Waals surface area contributed by atoms with E-state index in [2.05, 4.69) is 18.3 Å². The summed E-state index contributed by atoms with van der Waals surface area (Å²) in [7, 11) is 1.62. The van der Waals surface area contributed by atoms with Crippen LogP contribution < -0.4 is 10.1 Å². The summed E-state index contributed by atoms with van der Waals surface area (Å²) in [6, 6.07) is 15.1. The predicted molar refractivity (Wildman–Crippen MR) is 120 cm³/mol. The zero-order valence-corrected chi connectivity index (χ0v) is 18.6. The molecule has 2 aromatic rings. The maximum Gasteiger partial charge on any atom is 0.242 e. The number of amides is 2. The third-order valence-electron chi connectivity index (χ3n) is 5.17. The van der Waals surface area contributed by atoms with Crippen LogP contribution in [0.15, 0.2) is 48.5 Å². The summed E-state index contributed by atoms with van der Waals surface area (Å²) in [5.41, 5.74) is 3.06. The Kier molecular flexibility index (Phi) is 9.39. The minimum atomic E-state index is -0.492. The van der Waals surface area contributed by atoms with E-state index in [1.807, 2.05) is 56.3 Å². The number of carbonyl (C=O) groups is 2. The monoisotopic (exact) mass is 410 g/mol. The lowest BCUT2D eigenvalue weighted by molar-refractivity contribution is -0.140. The van der Waals surface area contributed by atoms with Crippen LogP contribution in [-0.2, 0) is 22.6 Å². The van der Waals surface area contributed by atoms with Crippen molar-refractivity contribution in [2.45, 2.75) is 59.0 Å². The third-order valence-corrected chi connectivity index (χ3v) is 5.17. The van der Waals surface area contributed by atoms with E-state index in [0.717, 1.165) is 35.3 Å². The van der Waals surface area contributed by atoms with Crippen molar-refractivity contribution >= 4 is 11.8 Å². The van der Waals surface area contributed by atoms with Crippen LogP contribution in [0.2, 0.25) is 0 Å². The lowest BCUT2D eigenvalue weighted by Crippen LogP contribution is -2.49. The summed E-state index contributed by atoms with van der Waals surface area (Å²) in [4.78, 5) is 27.9. The van der Waals surface area contributed by atoms with Crippen molar-refractivity contribution in [2.75, 3.05) is 13.7 Å². The molecular formula is C25H34N2O3. The van der Waals surface area contributed by atoms with Crippen molar-refractivity contribution in [3.63, 3.8) is 0 Å². The Balaban J connectivity index is 2.23. The highest BCUT2D eigenvalue weighted by Gasteiger charge is 2.28. The molecule has 0 spiro atoms. The summed E-state index contributed by atoms with van der Waals surface area (Å²) in [6.07, 6.45) is 2.76. The third kappa shape index (κ3) is 6.90. The van der Waals surface area contributed by atoms with Crippen LogP contribution in [0.4, 0.5) is 0 Å². The molecule has 2 aromatic carbocycles. The fraction of sp³-hybridized carbons (Fsp3) is 0.440.